The van der Waals surface area contributed by atoms with Crippen molar-refractivity contribution >= 4 is 11.8 Å². The van der Waals surface area contributed by atoms with Gasteiger partial charge < -0.3 is 10.2 Å². The number of hydrogen-bond donors (Lipinski definition) is 1. The van der Waals surface area contributed by atoms with Gasteiger partial charge in [-0.2, -0.15) is 0 Å². The number of amides is 2. The zero-order valence-corrected chi connectivity index (χ0v) is 16.0. The standard InChI is InChI=1S/C23H25FN2O2/c1-15-6-10-17(11-7-15)19-13-26(23(28)18-4-2-3-5-21(18)24)14-20(19)22(27)25-12-16-8-9-16/h2-7,10-11,16,19-20H,8-9,12-14H2,1H3,(H,25,27). The fourth-order valence-electron chi connectivity index (χ4n) is 3.89. The molecule has 5 heteroatoms. The van der Waals surface area contributed by atoms with Gasteiger partial charge in [0, 0.05) is 25.6 Å². The van der Waals surface area contributed by atoms with Gasteiger partial charge in [0.2, 0.25) is 5.91 Å². The van der Waals surface area contributed by atoms with Gasteiger partial charge in [-0.1, -0.05) is 42.0 Å². The molecule has 1 saturated heterocycles. The van der Waals surface area contributed by atoms with Crippen molar-refractivity contribution in [1.29, 1.82) is 0 Å². The highest BCUT2D eigenvalue weighted by Gasteiger charge is 2.41. The number of aryl methyl sites for hydroxylation is 1. The summed E-state index contributed by atoms with van der Waals surface area (Å²) >= 11 is 0. The minimum absolute atomic E-state index is 0.0127. The van der Waals surface area contributed by atoms with Gasteiger partial charge in [0.25, 0.3) is 5.91 Å². The quantitative estimate of drug-likeness (QED) is 0.863. The number of carbonyl (C=O) groups excluding carboxylic acids is 2. The molecule has 2 fully saturated rings. The van der Waals surface area contributed by atoms with Gasteiger partial charge in [0.1, 0.15) is 5.82 Å². The van der Waals surface area contributed by atoms with E-state index in [4.69, 9.17) is 0 Å². The molecule has 1 aliphatic carbocycles. The van der Waals surface area contributed by atoms with Crippen LogP contribution in [0.25, 0.3) is 0 Å². The first-order valence-electron chi connectivity index (χ1n) is 9.91. The second-order valence-corrected chi connectivity index (χ2v) is 8.00. The molecule has 2 atom stereocenters. The second-order valence-electron chi connectivity index (χ2n) is 8.00. The molecular weight excluding hydrogens is 355 g/mol. The first-order valence-corrected chi connectivity index (χ1v) is 9.91. The number of carbonyl (C=O) groups is 2. The fourth-order valence-corrected chi connectivity index (χ4v) is 3.89. The molecule has 1 heterocycles. The molecule has 146 valence electrons. The summed E-state index contributed by atoms with van der Waals surface area (Å²) in [6.07, 6.45) is 2.34. The Morgan fingerprint density at radius 1 is 1.07 bits per heavy atom. The van der Waals surface area contributed by atoms with Crippen LogP contribution in [0.15, 0.2) is 48.5 Å². The van der Waals surface area contributed by atoms with E-state index in [1.54, 1.807) is 17.0 Å². The van der Waals surface area contributed by atoms with Crippen LogP contribution in [0.3, 0.4) is 0 Å². The molecule has 1 saturated carbocycles. The zero-order valence-electron chi connectivity index (χ0n) is 16.0. The van der Waals surface area contributed by atoms with E-state index in [1.807, 2.05) is 31.2 Å². The predicted octanol–water partition coefficient (Wildman–Crippen LogP) is 3.52. The molecule has 4 rings (SSSR count). The van der Waals surface area contributed by atoms with Crippen LogP contribution in [-0.2, 0) is 4.79 Å². The van der Waals surface area contributed by atoms with E-state index in [2.05, 4.69) is 5.32 Å². The molecule has 1 aliphatic heterocycles. The first kappa shape index (κ1) is 18.7. The van der Waals surface area contributed by atoms with Crippen molar-refractivity contribution in [2.45, 2.75) is 25.7 Å². The third-order valence-corrected chi connectivity index (χ3v) is 5.82. The van der Waals surface area contributed by atoms with Crippen molar-refractivity contribution in [2.75, 3.05) is 19.6 Å². The van der Waals surface area contributed by atoms with Gasteiger partial charge in [-0.15, -0.1) is 0 Å². The zero-order chi connectivity index (χ0) is 19.7. The maximum atomic E-state index is 14.1. The van der Waals surface area contributed by atoms with Crippen LogP contribution in [0.1, 0.15) is 40.2 Å². The maximum Gasteiger partial charge on any atom is 0.256 e. The molecule has 1 N–H and O–H groups in total. The Morgan fingerprint density at radius 2 is 1.79 bits per heavy atom. The summed E-state index contributed by atoms with van der Waals surface area (Å²) in [5.41, 5.74) is 2.25. The molecule has 2 amide bonds. The number of rotatable bonds is 5. The number of nitrogens with one attached hydrogen (secondary N) is 1. The minimum atomic E-state index is -0.527. The van der Waals surface area contributed by atoms with Gasteiger partial charge in [-0.3, -0.25) is 9.59 Å². The molecule has 0 radical (unpaired) electrons. The Kier molecular flexibility index (Phi) is 5.16. The SMILES string of the molecule is Cc1ccc(C2CN(C(=O)c3ccccc3F)CC2C(=O)NCC2CC2)cc1. The molecular formula is C23H25FN2O2. The summed E-state index contributed by atoms with van der Waals surface area (Å²) in [6.45, 7) is 3.45. The molecule has 4 nitrogen and oxygen atoms in total. The van der Waals surface area contributed by atoms with Gasteiger partial charge in [-0.25, -0.2) is 4.39 Å². The number of halogens is 1. The summed E-state index contributed by atoms with van der Waals surface area (Å²) < 4.78 is 14.1. The highest BCUT2D eigenvalue weighted by atomic mass is 19.1. The average Bonchev–Trinajstić information content (AvgIpc) is 3.43. The van der Waals surface area contributed by atoms with Gasteiger partial charge >= 0.3 is 0 Å². The number of likely N-dealkylation sites (tertiary alicyclic amines) is 1. The van der Waals surface area contributed by atoms with Gasteiger partial charge in [-0.05, 0) is 43.4 Å². The van der Waals surface area contributed by atoms with Crippen molar-refractivity contribution in [3.05, 3.63) is 71.0 Å². The van der Waals surface area contributed by atoms with E-state index in [0.29, 0.717) is 25.6 Å². The van der Waals surface area contributed by atoms with E-state index in [0.717, 1.165) is 11.1 Å². The lowest BCUT2D eigenvalue weighted by atomic mass is 9.88. The second kappa shape index (κ2) is 7.74. The molecule has 28 heavy (non-hydrogen) atoms. The van der Waals surface area contributed by atoms with E-state index >= 15 is 0 Å². The van der Waals surface area contributed by atoms with Crippen molar-refractivity contribution in [2.24, 2.45) is 11.8 Å². The lowest BCUT2D eigenvalue weighted by Crippen LogP contribution is -2.36. The van der Waals surface area contributed by atoms with Crippen LogP contribution >= 0.6 is 0 Å². The summed E-state index contributed by atoms with van der Waals surface area (Å²) in [5, 5.41) is 3.06. The monoisotopic (exact) mass is 380 g/mol. The third-order valence-electron chi connectivity index (χ3n) is 5.82. The van der Waals surface area contributed by atoms with Gasteiger partial charge in [0.05, 0.1) is 11.5 Å². The Bertz CT molecular complexity index is 876. The largest absolute Gasteiger partial charge is 0.356 e. The Labute approximate surface area is 164 Å². The van der Waals surface area contributed by atoms with Crippen LogP contribution in [0.2, 0.25) is 0 Å². The maximum absolute atomic E-state index is 14.1. The first-order chi connectivity index (χ1) is 13.5. The molecule has 2 aliphatic rings. The predicted molar refractivity (Wildman–Crippen MR) is 105 cm³/mol. The summed E-state index contributed by atoms with van der Waals surface area (Å²) in [6, 6.07) is 14.1. The summed E-state index contributed by atoms with van der Waals surface area (Å²) in [7, 11) is 0. The number of nitrogens with zero attached hydrogens (tertiary/aromatic N) is 1. The normalized spacial score (nSPS) is 21.6. The minimum Gasteiger partial charge on any atom is -0.356 e. The summed E-state index contributed by atoms with van der Waals surface area (Å²) in [4.78, 5) is 27.4. The van der Waals surface area contributed by atoms with Crippen LogP contribution < -0.4 is 5.32 Å². The highest BCUT2D eigenvalue weighted by Crippen LogP contribution is 2.35. The van der Waals surface area contributed by atoms with E-state index in [-0.39, 0.29) is 29.2 Å². The van der Waals surface area contributed by atoms with Crippen molar-refractivity contribution in [3.8, 4) is 0 Å². The Morgan fingerprint density at radius 3 is 2.46 bits per heavy atom. The number of benzene rings is 2. The molecule has 2 aromatic carbocycles. The van der Waals surface area contributed by atoms with Crippen LogP contribution in [0, 0.1) is 24.6 Å². The van der Waals surface area contributed by atoms with Crippen LogP contribution in [-0.4, -0.2) is 36.3 Å². The number of hydrogen-bond acceptors (Lipinski definition) is 2. The van der Waals surface area contributed by atoms with Gasteiger partial charge in [0.15, 0.2) is 0 Å². The van der Waals surface area contributed by atoms with E-state index in [1.165, 1.54) is 25.0 Å². The molecule has 0 aromatic heterocycles. The van der Waals surface area contributed by atoms with Crippen LogP contribution in [0.5, 0.6) is 0 Å². The topological polar surface area (TPSA) is 49.4 Å². The molecule has 2 unspecified atom stereocenters. The summed E-state index contributed by atoms with van der Waals surface area (Å²) in [5.74, 6) is -0.706. The van der Waals surface area contributed by atoms with E-state index in [9.17, 15) is 14.0 Å². The molecule has 0 bridgehead atoms. The third kappa shape index (κ3) is 3.93. The molecule has 2 aromatic rings. The molecule has 0 spiro atoms. The van der Waals surface area contributed by atoms with Crippen LogP contribution in [0.4, 0.5) is 4.39 Å². The lowest BCUT2D eigenvalue weighted by Gasteiger charge is -2.18. The lowest BCUT2D eigenvalue weighted by molar-refractivity contribution is -0.125. The smallest absolute Gasteiger partial charge is 0.256 e. The van der Waals surface area contributed by atoms with Crippen molar-refractivity contribution in [3.63, 3.8) is 0 Å². The van der Waals surface area contributed by atoms with E-state index < -0.39 is 5.82 Å². The fraction of sp³-hybridized carbons (Fsp3) is 0.391. The highest BCUT2D eigenvalue weighted by molar-refractivity contribution is 5.95. The average molecular weight is 380 g/mol. The Balaban J connectivity index is 1.56. The Hall–Kier alpha value is -2.69. The van der Waals surface area contributed by atoms with Crippen molar-refractivity contribution < 1.29 is 14.0 Å². The van der Waals surface area contributed by atoms with Crippen molar-refractivity contribution in [1.82, 2.24) is 10.2 Å².